The Balaban J connectivity index is 1.78. The number of aromatic nitrogens is 1. The summed E-state index contributed by atoms with van der Waals surface area (Å²) in [7, 11) is 2.01. The minimum Gasteiger partial charge on any atom is -0.301 e. The molecule has 0 saturated carbocycles. The molecule has 0 radical (unpaired) electrons. The SMILES string of the molecule is CN1CCc2nc(NC(=O)c3ccc([N+](=O)[O-])cc3F)sc2C1. The van der Waals surface area contributed by atoms with Gasteiger partial charge in [-0.05, 0) is 13.1 Å². The third kappa shape index (κ3) is 3.20. The van der Waals surface area contributed by atoms with E-state index in [2.05, 4.69) is 15.2 Å². The van der Waals surface area contributed by atoms with Gasteiger partial charge in [-0.1, -0.05) is 0 Å². The summed E-state index contributed by atoms with van der Waals surface area (Å²) in [5, 5.41) is 13.6. The highest BCUT2D eigenvalue weighted by atomic mass is 32.1. The third-order valence-corrected chi connectivity index (χ3v) is 4.55. The number of thiazole rings is 1. The summed E-state index contributed by atoms with van der Waals surface area (Å²) in [5.74, 6) is -1.60. The molecule has 23 heavy (non-hydrogen) atoms. The van der Waals surface area contributed by atoms with Crippen LogP contribution in [0, 0.1) is 15.9 Å². The molecule has 3 rings (SSSR count). The van der Waals surface area contributed by atoms with Crippen molar-refractivity contribution in [3.8, 4) is 0 Å². The number of nitrogens with zero attached hydrogens (tertiary/aromatic N) is 3. The number of nitro groups is 1. The van der Waals surface area contributed by atoms with Gasteiger partial charge in [0.25, 0.3) is 11.6 Å². The van der Waals surface area contributed by atoms with E-state index < -0.39 is 22.3 Å². The van der Waals surface area contributed by atoms with Gasteiger partial charge in [-0.2, -0.15) is 0 Å². The van der Waals surface area contributed by atoms with Gasteiger partial charge in [0.2, 0.25) is 0 Å². The molecule has 0 spiro atoms. The van der Waals surface area contributed by atoms with Gasteiger partial charge >= 0.3 is 0 Å². The molecule has 1 aromatic heterocycles. The van der Waals surface area contributed by atoms with Crippen LogP contribution in [0.25, 0.3) is 0 Å². The lowest BCUT2D eigenvalue weighted by Gasteiger charge is -2.20. The first-order valence-electron chi connectivity index (χ1n) is 6.86. The first kappa shape index (κ1) is 15.5. The molecule has 1 amide bonds. The number of amides is 1. The van der Waals surface area contributed by atoms with Gasteiger partial charge in [0, 0.05) is 30.5 Å². The Morgan fingerprint density at radius 1 is 1.52 bits per heavy atom. The number of anilines is 1. The van der Waals surface area contributed by atoms with Crippen LogP contribution in [-0.2, 0) is 13.0 Å². The fraction of sp³-hybridized carbons (Fsp3) is 0.286. The Labute approximate surface area is 134 Å². The Morgan fingerprint density at radius 3 is 3.00 bits per heavy atom. The summed E-state index contributed by atoms with van der Waals surface area (Å²) < 4.78 is 13.9. The van der Waals surface area contributed by atoms with Gasteiger partial charge in [-0.15, -0.1) is 11.3 Å². The van der Waals surface area contributed by atoms with Crippen LogP contribution in [0.1, 0.15) is 20.9 Å². The number of nitrogens with one attached hydrogen (secondary N) is 1. The number of hydrogen-bond acceptors (Lipinski definition) is 6. The number of benzene rings is 1. The maximum atomic E-state index is 13.9. The van der Waals surface area contributed by atoms with Crippen LogP contribution >= 0.6 is 11.3 Å². The average Bonchev–Trinajstić information content (AvgIpc) is 2.88. The zero-order valence-corrected chi connectivity index (χ0v) is 13.0. The normalized spacial score (nSPS) is 14.3. The Morgan fingerprint density at radius 2 is 2.30 bits per heavy atom. The fourth-order valence-corrected chi connectivity index (χ4v) is 3.43. The number of rotatable bonds is 3. The highest BCUT2D eigenvalue weighted by Gasteiger charge is 2.21. The summed E-state index contributed by atoms with van der Waals surface area (Å²) in [6.07, 6.45) is 0.810. The van der Waals surface area contributed by atoms with Crippen LogP contribution < -0.4 is 5.32 Å². The van der Waals surface area contributed by atoms with Gasteiger partial charge in [-0.25, -0.2) is 9.37 Å². The predicted octanol–water partition coefficient (Wildman–Crippen LogP) is 2.43. The predicted molar refractivity (Wildman–Crippen MR) is 83.2 cm³/mol. The van der Waals surface area contributed by atoms with Gasteiger partial charge < -0.3 is 4.90 Å². The van der Waals surface area contributed by atoms with Gasteiger partial charge in [-0.3, -0.25) is 20.2 Å². The standard InChI is InChI=1S/C14H13FN4O3S/c1-18-5-4-11-12(7-18)23-14(16-11)17-13(20)9-3-2-8(19(21)22)6-10(9)15/h2-3,6H,4-5,7H2,1H3,(H,16,17,20). The Hall–Kier alpha value is -2.39. The van der Waals surface area contributed by atoms with Crippen molar-refractivity contribution < 1.29 is 14.1 Å². The largest absolute Gasteiger partial charge is 0.301 e. The fourth-order valence-electron chi connectivity index (χ4n) is 2.34. The van der Waals surface area contributed by atoms with Crippen LogP contribution in [0.5, 0.6) is 0 Å². The van der Waals surface area contributed by atoms with Crippen molar-refractivity contribution in [2.75, 3.05) is 18.9 Å². The second kappa shape index (κ2) is 6.01. The number of non-ortho nitro benzene ring substituents is 1. The first-order chi connectivity index (χ1) is 10.9. The van der Waals surface area contributed by atoms with Crippen LogP contribution in [-0.4, -0.2) is 34.3 Å². The van der Waals surface area contributed by atoms with Crippen LogP contribution in [0.15, 0.2) is 18.2 Å². The lowest BCUT2D eigenvalue weighted by Crippen LogP contribution is -2.25. The first-order valence-corrected chi connectivity index (χ1v) is 7.68. The van der Waals surface area contributed by atoms with E-state index in [4.69, 9.17) is 0 Å². The van der Waals surface area contributed by atoms with E-state index in [1.807, 2.05) is 7.05 Å². The molecule has 1 aromatic carbocycles. The van der Waals surface area contributed by atoms with Crippen LogP contribution in [0.3, 0.4) is 0 Å². The topological polar surface area (TPSA) is 88.4 Å². The Bertz CT molecular complexity index is 792. The molecule has 0 bridgehead atoms. The van der Waals surface area contributed by atoms with Crippen molar-refractivity contribution >= 4 is 28.1 Å². The smallest absolute Gasteiger partial charge is 0.272 e. The van der Waals surface area contributed by atoms with E-state index in [0.717, 1.165) is 48.3 Å². The lowest BCUT2D eigenvalue weighted by atomic mass is 10.2. The molecule has 0 atom stereocenters. The van der Waals surface area contributed by atoms with E-state index in [0.29, 0.717) is 5.13 Å². The molecule has 2 heterocycles. The van der Waals surface area contributed by atoms with Crippen molar-refractivity contribution in [3.63, 3.8) is 0 Å². The Kier molecular flexibility index (Phi) is 4.05. The van der Waals surface area contributed by atoms with Crippen LogP contribution in [0.2, 0.25) is 0 Å². The minimum absolute atomic E-state index is 0.249. The van der Waals surface area contributed by atoms with Crippen molar-refractivity contribution in [2.24, 2.45) is 0 Å². The molecule has 2 aromatic rings. The molecule has 0 aliphatic carbocycles. The molecule has 9 heteroatoms. The summed E-state index contributed by atoms with van der Waals surface area (Å²) in [6, 6.07) is 2.93. The highest BCUT2D eigenvalue weighted by Crippen LogP contribution is 2.28. The molecule has 1 aliphatic heterocycles. The number of carbonyl (C=O) groups is 1. The summed E-state index contributed by atoms with van der Waals surface area (Å²) >= 11 is 1.36. The molecule has 0 saturated heterocycles. The zero-order valence-electron chi connectivity index (χ0n) is 12.2. The number of fused-ring (bicyclic) bond motifs is 1. The molecule has 7 nitrogen and oxygen atoms in total. The minimum atomic E-state index is -0.933. The molecule has 0 unspecified atom stereocenters. The summed E-state index contributed by atoms with van der Waals surface area (Å²) in [4.78, 5) is 29.6. The maximum Gasteiger partial charge on any atom is 0.272 e. The highest BCUT2D eigenvalue weighted by molar-refractivity contribution is 7.15. The molecule has 0 fully saturated rings. The molecule has 1 N–H and O–H groups in total. The summed E-state index contributed by atoms with van der Waals surface area (Å²) in [6.45, 7) is 1.68. The van der Waals surface area contributed by atoms with E-state index in [9.17, 15) is 19.3 Å². The van der Waals surface area contributed by atoms with E-state index >= 15 is 0 Å². The lowest BCUT2D eigenvalue weighted by molar-refractivity contribution is -0.385. The number of nitro benzene ring substituents is 1. The second-order valence-corrected chi connectivity index (χ2v) is 6.34. The average molecular weight is 336 g/mol. The van der Waals surface area contributed by atoms with Crippen molar-refractivity contribution in [1.29, 1.82) is 0 Å². The quantitative estimate of drug-likeness (QED) is 0.687. The van der Waals surface area contributed by atoms with E-state index in [1.54, 1.807) is 0 Å². The molecule has 120 valence electrons. The van der Waals surface area contributed by atoms with Crippen LogP contribution in [0.4, 0.5) is 15.2 Å². The van der Waals surface area contributed by atoms with Crippen molar-refractivity contribution in [2.45, 2.75) is 13.0 Å². The maximum absolute atomic E-state index is 13.9. The number of likely N-dealkylation sites (N-methyl/N-ethyl adjacent to an activating group) is 1. The zero-order chi connectivity index (χ0) is 16.6. The van der Waals surface area contributed by atoms with E-state index in [-0.39, 0.29) is 5.56 Å². The molecular weight excluding hydrogens is 323 g/mol. The number of halogens is 1. The number of hydrogen-bond donors (Lipinski definition) is 1. The van der Waals surface area contributed by atoms with Gasteiger partial charge in [0.05, 0.1) is 22.2 Å². The van der Waals surface area contributed by atoms with Crippen molar-refractivity contribution in [3.05, 3.63) is 50.3 Å². The van der Waals surface area contributed by atoms with Gasteiger partial charge in [0.1, 0.15) is 5.82 Å². The van der Waals surface area contributed by atoms with E-state index in [1.165, 1.54) is 11.3 Å². The van der Waals surface area contributed by atoms with Gasteiger partial charge in [0.15, 0.2) is 5.13 Å². The molecular formula is C14H13FN4O3S. The third-order valence-electron chi connectivity index (χ3n) is 3.55. The number of carbonyl (C=O) groups excluding carboxylic acids is 1. The monoisotopic (exact) mass is 336 g/mol. The summed E-state index contributed by atoms with van der Waals surface area (Å²) in [5.41, 5.74) is 0.306. The van der Waals surface area contributed by atoms with Crippen molar-refractivity contribution in [1.82, 2.24) is 9.88 Å². The molecule has 1 aliphatic rings. The second-order valence-electron chi connectivity index (χ2n) is 5.25.